The fourth-order valence-electron chi connectivity index (χ4n) is 2.48. The third-order valence-electron chi connectivity index (χ3n) is 3.45. The number of ether oxygens (including phenoxy) is 1. The third-order valence-corrected chi connectivity index (χ3v) is 3.45. The summed E-state index contributed by atoms with van der Waals surface area (Å²) in [5.41, 5.74) is 7.29. The molecule has 0 radical (unpaired) electrons. The van der Waals surface area contributed by atoms with Crippen molar-refractivity contribution in [2.75, 3.05) is 23.7 Å². The lowest BCUT2D eigenvalue weighted by atomic mass is 10.0. The Balaban J connectivity index is 1.82. The van der Waals surface area contributed by atoms with Crippen molar-refractivity contribution in [2.24, 2.45) is 0 Å². The van der Waals surface area contributed by atoms with Gasteiger partial charge in [-0.25, -0.2) is 4.79 Å². The number of nitrogens with one attached hydrogen (secondary N) is 1. The molecule has 1 aliphatic rings. The molecule has 1 fully saturated rings. The zero-order chi connectivity index (χ0) is 15.5. The Kier molecular flexibility index (Phi) is 4.60. The Morgan fingerprint density at radius 2 is 2.00 bits per heavy atom. The van der Waals surface area contributed by atoms with Crippen LogP contribution in [0.4, 0.5) is 16.2 Å². The topological polar surface area (TPSA) is 67.6 Å². The minimum atomic E-state index is -0.452. The van der Waals surface area contributed by atoms with Gasteiger partial charge in [0.15, 0.2) is 0 Å². The van der Waals surface area contributed by atoms with Gasteiger partial charge in [0.1, 0.15) is 5.60 Å². The molecule has 1 heterocycles. The lowest BCUT2D eigenvalue weighted by Gasteiger charge is -2.34. The molecule has 0 bridgehead atoms. The highest BCUT2D eigenvalue weighted by Gasteiger charge is 2.23. The molecule has 0 aromatic heterocycles. The minimum absolute atomic E-state index is 0.178. The first-order valence-electron chi connectivity index (χ1n) is 7.43. The van der Waals surface area contributed by atoms with Crippen molar-refractivity contribution in [3.05, 3.63) is 24.3 Å². The number of rotatable bonds is 2. The van der Waals surface area contributed by atoms with E-state index in [1.807, 2.05) is 39.0 Å². The van der Waals surface area contributed by atoms with Gasteiger partial charge in [-0.05, 0) is 51.8 Å². The third kappa shape index (κ3) is 4.85. The fraction of sp³-hybridized carbons (Fsp3) is 0.562. The second kappa shape index (κ2) is 6.24. The van der Waals surface area contributed by atoms with Crippen LogP contribution in [0.15, 0.2) is 24.3 Å². The summed E-state index contributed by atoms with van der Waals surface area (Å²) in [7, 11) is 0. The number of piperidine rings is 1. The van der Waals surface area contributed by atoms with Crippen LogP contribution in [0.1, 0.15) is 33.6 Å². The van der Waals surface area contributed by atoms with E-state index in [1.165, 1.54) is 0 Å². The Hall–Kier alpha value is -1.91. The maximum Gasteiger partial charge on any atom is 0.407 e. The monoisotopic (exact) mass is 291 g/mol. The summed E-state index contributed by atoms with van der Waals surface area (Å²) in [5, 5.41) is 2.95. The number of hydrogen-bond donors (Lipinski definition) is 2. The summed E-state index contributed by atoms with van der Waals surface area (Å²) < 4.78 is 5.29. The predicted molar refractivity (Wildman–Crippen MR) is 85.5 cm³/mol. The molecular weight excluding hydrogens is 266 g/mol. The molecule has 1 saturated heterocycles. The van der Waals surface area contributed by atoms with E-state index < -0.39 is 5.60 Å². The molecule has 0 atom stereocenters. The molecule has 0 spiro atoms. The zero-order valence-corrected chi connectivity index (χ0v) is 13.1. The predicted octanol–water partition coefficient (Wildman–Crippen LogP) is 2.76. The van der Waals surface area contributed by atoms with E-state index in [9.17, 15) is 4.79 Å². The van der Waals surface area contributed by atoms with Crippen LogP contribution in [0.25, 0.3) is 0 Å². The number of anilines is 2. The second-order valence-electron chi connectivity index (χ2n) is 6.50. The standard InChI is InChI=1S/C16H25N3O2/c1-16(2,3)21-15(20)18-13-7-9-19(10-8-13)14-6-4-5-12(17)11-14/h4-6,11,13H,7-10,17H2,1-3H3,(H,18,20). The molecule has 5 nitrogen and oxygen atoms in total. The number of benzene rings is 1. The number of nitrogens with two attached hydrogens (primary N) is 1. The maximum atomic E-state index is 11.8. The lowest BCUT2D eigenvalue weighted by molar-refractivity contribution is 0.0497. The first-order chi connectivity index (χ1) is 9.83. The number of nitrogens with zero attached hydrogens (tertiary/aromatic N) is 1. The van der Waals surface area contributed by atoms with Crippen LogP contribution in [0.3, 0.4) is 0 Å². The largest absolute Gasteiger partial charge is 0.444 e. The number of carbonyl (C=O) groups is 1. The van der Waals surface area contributed by atoms with Gasteiger partial charge in [-0.3, -0.25) is 0 Å². The molecule has 2 rings (SSSR count). The van der Waals surface area contributed by atoms with Crippen molar-refractivity contribution in [2.45, 2.75) is 45.3 Å². The van der Waals surface area contributed by atoms with Gasteiger partial charge in [-0.2, -0.15) is 0 Å². The van der Waals surface area contributed by atoms with Gasteiger partial charge in [-0.1, -0.05) is 6.07 Å². The Bertz CT molecular complexity index is 489. The lowest BCUT2D eigenvalue weighted by Crippen LogP contribution is -2.46. The molecule has 116 valence electrons. The summed E-state index contributed by atoms with van der Waals surface area (Å²) in [6.45, 7) is 7.42. The van der Waals surface area contributed by atoms with E-state index in [0.717, 1.165) is 37.3 Å². The Labute approximate surface area is 126 Å². The average molecular weight is 291 g/mol. The van der Waals surface area contributed by atoms with Crippen LogP contribution < -0.4 is 16.0 Å². The first kappa shape index (κ1) is 15.5. The zero-order valence-electron chi connectivity index (χ0n) is 13.1. The van der Waals surface area contributed by atoms with Crippen LogP contribution in [0.2, 0.25) is 0 Å². The van der Waals surface area contributed by atoms with Crippen molar-refractivity contribution >= 4 is 17.5 Å². The molecule has 21 heavy (non-hydrogen) atoms. The summed E-state index contributed by atoms with van der Waals surface area (Å²) in [6, 6.07) is 8.09. The highest BCUT2D eigenvalue weighted by Crippen LogP contribution is 2.22. The molecule has 3 N–H and O–H groups in total. The number of hydrogen-bond acceptors (Lipinski definition) is 4. The van der Waals surface area contributed by atoms with Crippen molar-refractivity contribution < 1.29 is 9.53 Å². The SMILES string of the molecule is CC(C)(C)OC(=O)NC1CCN(c2cccc(N)c2)CC1. The molecule has 1 aliphatic heterocycles. The Morgan fingerprint density at radius 3 is 2.57 bits per heavy atom. The van der Waals surface area contributed by atoms with E-state index in [2.05, 4.69) is 16.3 Å². The van der Waals surface area contributed by atoms with E-state index in [4.69, 9.17) is 10.5 Å². The van der Waals surface area contributed by atoms with Gasteiger partial charge < -0.3 is 20.7 Å². The van der Waals surface area contributed by atoms with Crippen LogP contribution >= 0.6 is 0 Å². The normalized spacial score (nSPS) is 16.6. The molecule has 1 amide bonds. The number of amides is 1. The molecule has 5 heteroatoms. The van der Waals surface area contributed by atoms with Crippen molar-refractivity contribution in [3.63, 3.8) is 0 Å². The summed E-state index contributed by atoms with van der Waals surface area (Å²) >= 11 is 0. The number of alkyl carbamates (subject to hydrolysis) is 1. The molecule has 1 aromatic carbocycles. The van der Waals surface area contributed by atoms with Crippen LogP contribution in [-0.2, 0) is 4.74 Å². The van der Waals surface area contributed by atoms with Crippen LogP contribution in [0.5, 0.6) is 0 Å². The average Bonchev–Trinajstić information content (AvgIpc) is 2.37. The van der Waals surface area contributed by atoms with Crippen LogP contribution in [0, 0.1) is 0 Å². The van der Waals surface area contributed by atoms with Gasteiger partial charge >= 0.3 is 6.09 Å². The quantitative estimate of drug-likeness (QED) is 0.822. The van der Waals surface area contributed by atoms with E-state index in [-0.39, 0.29) is 12.1 Å². The van der Waals surface area contributed by atoms with Crippen molar-refractivity contribution in [1.29, 1.82) is 0 Å². The number of carbonyl (C=O) groups excluding carboxylic acids is 1. The fourth-order valence-corrected chi connectivity index (χ4v) is 2.48. The van der Waals surface area contributed by atoms with Gasteiger partial charge in [0.25, 0.3) is 0 Å². The van der Waals surface area contributed by atoms with E-state index in [0.29, 0.717) is 0 Å². The number of nitrogen functional groups attached to an aromatic ring is 1. The summed E-state index contributed by atoms with van der Waals surface area (Å²) in [4.78, 5) is 14.1. The van der Waals surface area contributed by atoms with Gasteiger partial charge in [0.2, 0.25) is 0 Å². The Morgan fingerprint density at radius 1 is 1.33 bits per heavy atom. The van der Waals surface area contributed by atoms with Gasteiger partial charge in [-0.15, -0.1) is 0 Å². The summed E-state index contributed by atoms with van der Waals surface area (Å²) in [5.74, 6) is 0. The second-order valence-corrected chi connectivity index (χ2v) is 6.50. The molecule has 0 unspecified atom stereocenters. The molecule has 1 aromatic rings. The minimum Gasteiger partial charge on any atom is -0.444 e. The molecular formula is C16H25N3O2. The smallest absolute Gasteiger partial charge is 0.407 e. The van der Waals surface area contributed by atoms with Gasteiger partial charge in [0.05, 0.1) is 0 Å². The molecule has 0 aliphatic carbocycles. The van der Waals surface area contributed by atoms with Crippen molar-refractivity contribution in [3.8, 4) is 0 Å². The first-order valence-corrected chi connectivity index (χ1v) is 7.43. The van der Waals surface area contributed by atoms with E-state index >= 15 is 0 Å². The van der Waals surface area contributed by atoms with E-state index in [1.54, 1.807) is 0 Å². The van der Waals surface area contributed by atoms with Crippen molar-refractivity contribution in [1.82, 2.24) is 5.32 Å². The van der Waals surface area contributed by atoms with Crippen LogP contribution in [-0.4, -0.2) is 30.8 Å². The molecule has 0 saturated carbocycles. The maximum absolute atomic E-state index is 11.8. The highest BCUT2D eigenvalue weighted by atomic mass is 16.6. The van der Waals surface area contributed by atoms with Gasteiger partial charge in [0, 0.05) is 30.5 Å². The highest BCUT2D eigenvalue weighted by molar-refractivity contribution is 5.68. The summed E-state index contributed by atoms with van der Waals surface area (Å²) in [6.07, 6.45) is 1.49.